The number of hydrogen-bond donors (Lipinski definition) is 1. The van der Waals surface area contributed by atoms with Crippen LogP contribution in [0.3, 0.4) is 0 Å². The van der Waals surface area contributed by atoms with Gasteiger partial charge in [-0.1, -0.05) is 30.3 Å². The lowest BCUT2D eigenvalue weighted by molar-refractivity contribution is -0.115. The van der Waals surface area contributed by atoms with Crippen molar-refractivity contribution in [3.05, 3.63) is 59.7 Å². The summed E-state index contributed by atoms with van der Waals surface area (Å²) in [4.78, 5) is 14.6. The van der Waals surface area contributed by atoms with E-state index in [9.17, 15) is 4.79 Å². The fourth-order valence-corrected chi connectivity index (χ4v) is 3.02. The second-order valence-corrected chi connectivity index (χ2v) is 6.28. The van der Waals surface area contributed by atoms with E-state index in [1.165, 1.54) is 0 Å². The number of hydrogen-bond acceptors (Lipinski definition) is 4. The molecule has 5 nitrogen and oxygen atoms in total. The molecular formula is C20H24N2O3. The van der Waals surface area contributed by atoms with Gasteiger partial charge in [0.05, 0.1) is 26.2 Å². The van der Waals surface area contributed by atoms with Crippen molar-refractivity contribution in [2.24, 2.45) is 0 Å². The zero-order valence-electron chi connectivity index (χ0n) is 14.7. The molecule has 3 rings (SSSR count). The molecule has 1 N–H and O–H groups in total. The van der Waals surface area contributed by atoms with E-state index in [1.54, 1.807) is 7.11 Å². The van der Waals surface area contributed by atoms with Gasteiger partial charge in [0.1, 0.15) is 5.75 Å². The van der Waals surface area contributed by atoms with E-state index in [-0.39, 0.29) is 18.4 Å². The molecule has 0 bridgehead atoms. The highest BCUT2D eigenvalue weighted by Gasteiger charge is 2.19. The van der Waals surface area contributed by atoms with Gasteiger partial charge in [0.15, 0.2) is 0 Å². The van der Waals surface area contributed by atoms with Crippen LogP contribution in [0.4, 0.5) is 5.69 Å². The maximum absolute atomic E-state index is 12.4. The van der Waals surface area contributed by atoms with Crippen LogP contribution < -0.4 is 10.1 Å². The molecule has 1 saturated heterocycles. The SMILES string of the molecule is COc1ccccc1CC(=O)Nc1cccc(C2CN(C)CCO2)c1. The van der Waals surface area contributed by atoms with Gasteiger partial charge in [-0.2, -0.15) is 0 Å². The van der Waals surface area contributed by atoms with Crippen molar-refractivity contribution in [2.45, 2.75) is 12.5 Å². The van der Waals surface area contributed by atoms with Crippen LogP contribution in [0.2, 0.25) is 0 Å². The predicted molar refractivity (Wildman–Crippen MR) is 98.0 cm³/mol. The molecule has 0 saturated carbocycles. The molecule has 2 aromatic carbocycles. The number of nitrogens with zero attached hydrogens (tertiary/aromatic N) is 1. The molecule has 0 aromatic heterocycles. The van der Waals surface area contributed by atoms with E-state index in [1.807, 2.05) is 48.5 Å². The summed E-state index contributed by atoms with van der Waals surface area (Å²) in [7, 11) is 3.70. The summed E-state index contributed by atoms with van der Waals surface area (Å²) in [5, 5.41) is 2.97. The Balaban J connectivity index is 1.66. The van der Waals surface area contributed by atoms with Crippen molar-refractivity contribution < 1.29 is 14.3 Å². The Morgan fingerprint density at radius 1 is 1.28 bits per heavy atom. The number of ether oxygens (including phenoxy) is 2. The fourth-order valence-electron chi connectivity index (χ4n) is 3.02. The van der Waals surface area contributed by atoms with Crippen LogP contribution in [0.5, 0.6) is 5.75 Å². The van der Waals surface area contributed by atoms with Crippen LogP contribution >= 0.6 is 0 Å². The molecule has 0 aliphatic carbocycles. The third-order valence-electron chi connectivity index (χ3n) is 4.36. The van der Waals surface area contributed by atoms with Gasteiger partial charge in [-0.15, -0.1) is 0 Å². The van der Waals surface area contributed by atoms with Crippen molar-refractivity contribution in [1.29, 1.82) is 0 Å². The van der Waals surface area contributed by atoms with Crippen LogP contribution in [-0.2, 0) is 16.0 Å². The van der Waals surface area contributed by atoms with Crippen molar-refractivity contribution >= 4 is 11.6 Å². The first-order chi connectivity index (χ1) is 12.2. The minimum atomic E-state index is -0.0664. The average Bonchev–Trinajstić information content (AvgIpc) is 2.62. The number of para-hydroxylation sites is 1. The van der Waals surface area contributed by atoms with Gasteiger partial charge in [0, 0.05) is 24.3 Å². The standard InChI is InChI=1S/C20H24N2O3/c1-22-10-11-25-19(14-22)15-7-5-8-17(12-15)21-20(23)13-16-6-3-4-9-18(16)24-2/h3-9,12,19H,10-11,13-14H2,1-2H3,(H,21,23). The highest BCUT2D eigenvalue weighted by atomic mass is 16.5. The highest BCUT2D eigenvalue weighted by Crippen LogP contribution is 2.24. The number of carbonyl (C=O) groups is 1. The van der Waals surface area contributed by atoms with Crippen LogP contribution in [0.25, 0.3) is 0 Å². The topological polar surface area (TPSA) is 50.8 Å². The molecule has 1 aliphatic heterocycles. The van der Waals surface area contributed by atoms with Crippen LogP contribution in [-0.4, -0.2) is 44.7 Å². The summed E-state index contributed by atoms with van der Waals surface area (Å²) in [6.07, 6.45) is 0.321. The molecule has 1 atom stereocenters. The molecule has 0 radical (unpaired) electrons. The number of methoxy groups -OCH3 is 1. The molecule has 25 heavy (non-hydrogen) atoms. The lowest BCUT2D eigenvalue weighted by Gasteiger charge is -2.30. The third kappa shape index (κ3) is 4.59. The average molecular weight is 340 g/mol. The molecule has 1 heterocycles. The molecule has 1 amide bonds. The van der Waals surface area contributed by atoms with E-state index in [4.69, 9.17) is 9.47 Å². The Hall–Kier alpha value is -2.37. The summed E-state index contributed by atoms with van der Waals surface area (Å²) in [6, 6.07) is 15.4. The molecule has 0 spiro atoms. The fraction of sp³-hybridized carbons (Fsp3) is 0.350. The summed E-state index contributed by atoms with van der Waals surface area (Å²) < 4.78 is 11.2. The lowest BCUT2D eigenvalue weighted by atomic mass is 10.1. The zero-order chi connectivity index (χ0) is 17.6. The molecular weight excluding hydrogens is 316 g/mol. The maximum Gasteiger partial charge on any atom is 0.228 e. The van der Waals surface area contributed by atoms with E-state index in [0.717, 1.165) is 42.3 Å². The summed E-state index contributed by atoms with van der Waals surface area (Å²) in [6.45, 7) is 2.54. The number of anilines is 1. The number of rotatable bonds is 5. The van der Waals surface area contributed by atoms with Gasteiger partial charge in [-0.3, -0.25) is 4.79 Å². The number of nitrogens with one attached hydrogen (secondary N) is 1. The van der Waals surface area contributed by atoms with Gasteiger partial charge in [0.25, 0.3) is 0 Å². The van der Waals surface area contributed by atoms with Gasteiger partial charge in [0.2, 0.25) is 5.91 Å². The number of benzene rings is 2. The Morgan fingerprint density at radius 2 is 2.12 bits per heavy atom. The largest absolute Gasteiger partial charge is 0.496 e. The molecule has 1 unspecified atom stereocenters. The Bertz CT molecular complexity index is 732. The first-order valence-corrected chi connectivity index (χ1v) is 8.47. The minimum absolute atomic E-state index is 0.0461. The quantitative estimate of drug-likeness (QED) is 0.909. The van der Waals surface area contributed by atoms with Gasteiger partial charge < -0.3 is 19.7 Å². The Labute approximate surface area is 148 Å². The Morgan fingerprint density at radius 3 is 2.92 bits per heavy atom. The van der Waals surface area contributed by atoms with E-state index in [0.29, 0.717) is 0 Å². The van der Waals surface area contributed by atoms with E-state index >= 15 is 0 Å². The zero-order valence-corrected chi connectivity index (χ0v) is 14.7. The number of amides is 1. The normalized spacial score (nSPS) is 17.9. The summed E-state index contributed by atoms with van der Waals surface area (Å²) in [5.74, 6) is 0.661. The molecule has 132 valence electrons. The second kappa shape index (κ2) is 8.14. The number of morpholine rings is 1. The first-order valence-electron chi connectivity index (χ1n) is 8.47. The first kappa shape index (κ1) is 17.5. The Kier molecular flexibility index (Phi) is 5.68. The predicted octanol–water partition coefficient (Wildman–Crippen LogP) is 2.88. The van der Waals surface area contributed by atoms with Crippen molar-refractivity contribution in [1.82, 2.24) is 4.90 Å². The van der Waals surface area contributed by atoms with Crippen molar-refractivity contribution in [3.8, 4) is 5.75 Å². The highest BCUT2D eigenvalue weighted by molar-refractivity contribution is 5.92. The molecule has 2 aromatic rings. The molecule has 1 aliphatic rings. The second-order valence-electron chi connectivity index (χ2n) is 6.28. The summed E-state index contributed by atoms with van der Waals surface area (Å²) >= 11 is 0. The van der Waals surface area contributed by atoms with Crippen molar-refractivity contribution in [2.75, 3.05) is 39.2 Å². The van der Waals surface area contributed by atoms with Crippen LogP contribution in [0.15, 0.2) is 48.5 Å². The van der Waals surface area contributed by atoms with Crippen molar-refractivity contribution in [3.63, 3.8) is 0 Å². The van der Waals surface area contributed by atoms with Gasteiger partial charge in [-0.05, 0) is 30.8 Å². The van der Waals surface area contributed by atoms with E-state index < -0.39 is 0 Å². The lowest BCUT2D eigenvalue weighted by Crippen LogP contribution is -2.35. The number of carbonyl (C=O) groups excluding carboxylic acids is 1. The van der Waals surface area contributed by atoms with E-state index in [2.05, 4.69) is 17.3 Å². The van der Waals surface area contributed by atoms with Gasteiger partial charge in [-0.25, -0.2) is 0 Å². The summed E-state index contributed by atoms with van der Waals surface area (Å²) in [5.41, 5.74) is 2.74. The van der Waals surface area contributed by atoms with Gasteiger partial charge >= 0.3 is 0 Å². The smallest absolute Gasteiger partial charge is 0.228 e. The molecule has 1 fully saturated rings. The molecule has 5 heteroatoms. The monoisotopic (exact) mass is 340 g/mol. The van der Waals surface area contributed by atoms with Crippen LogP contribution in [0.1, 0.15) is 17.2 Å². The number of likely N-dealkylation sites (N-methyl/N-ethyl adjacent to an activating group) is 1. The minimum Gasteiger partial charge on any atom is -0.496 e. The maximum atomic E-state index is 12.4. The van der Waals surface area contributed by atoms with Crippen LogP contribution in [0, 0.1) is 0 Å². The third-order valence-corrected chi connectivity index (χ3v) is 4.36.